The van der Waals surface area contributed by atoms with Gasteiger partial charge >= 0.3 is 12.1 Å². The molecule has 0 aliphatic carbocycles. The molecule has 29 heavy (non-hydrogen) atoms. The largest absolute Gasteiger partial charge is 0.573 e. The van der Waals surface area contributed by atoms with Crippen molar-refractivity contribution in [2.75, 3.05) is 0 Å². The summed E-state index contributed by atoms with van der Waals surface area (Å²) >= 11 is 0. The van der Waals surface area contributed by atoms with Crippen LogP contribution < -0.4 is 16.0 Å². The number of rotatable bonds is 5. The number of halogens is 3. The predicted molar refractivity (Wildman–Crippen MR) is 103 cm³/mol. The standard InChI is InChI=1S/C19H19F3N4O3/c1-4-25-16-15(17(27)26(5-2)18(25)28)24(3)14(23-16)10-9-12-7-6-8-13(11-12)29-19(20,21)22/h6-11H,4-5H2,1-3H3. The minimum Gasteiger partial charge on any atom is -0.406 e. The maximum atomic E-state index is 12.7. The molecular formula is C19H19F3N4O3. The van der Waals surface area contributed by atoms with Gasteiger partial charge in [0.05, 0.1) is 0 Å². The number of aryl methyl sites for hydroxylation is 2. The van der Waals surface area contributed by atoms with Gasteiger partial charge in [-0.25, -0.2) is 9.78 Å². The van der Waals surface area contributed by atoms with Gasteiger partial charge in [-0.15, -0.1) is 13.2 Å². The van der Waals surface area contributed by atoms with Gasteiger partial charge in [0.2, 0.25) is 0 Å². The van der Waals surface area contributed by atoms with Gasteiger partial charge in [-0.1, -0.05) is 18.2 Å². The van der Waals surface area contributed by atoms with E-state index in [1.165, 1.54) is 22.8 Å². The summed E-state index contributed by atoms with van der Waals surface area (Å²) in [6.07, 6.45) is -1.66. The Morgan fingerprint density at radius 1 is 1.10 bits per heavy atom. The highest BCUT2D eigenvalue weighted by Crippen LogP contribution is 2.24. The zero-order valence-corrected chi connectivity index (χ0v) is 16.0. The van der Waals surface area contributed by atoms with Crippen LogP contribution in [0.25, 0.3) is 23.3 Å². The van der Waals surface area contributed by atoms with Gasteiger partial charge in [-0.3, -0.25) is 13.9 Å². The summed E-state index contributed by atoms with van der Waals surface area (Å²) in [6, 6.07) is 5.48. The third-order valence-electron chi connectivity index (χ3n) is 4.43. The Balaban J connectivity index is 2.07. The fourth-order valence-corrected chi connectivity index (χ4v) is 3.08. The lowest BCUT2D eigenvalue weighted by atomic mass is 10.2. The van der Waals surface area contributed by atoms with Crippen molar-refractivity contribution >= 4 is 23.3 Å². The van der Waals surface area contributed by atoms with Crippen LogP contribution in [0.1, 0.15) is 25.2 Å². The van der Waals surface area contributed by atoms with Gasteiger partial charge in [0.15, 0.2) is 11.2 Å². The van der Waals surface area contributed by atoms with E-state index in [0.29, 0.717) is 17.9 Å². The summed E-state index contributed by atoms with van der Waals surface area (Å²) in [6.45, 7) is 4.06. The molecule has 3 rings (SSSR count). The van der Waals surface area contributed by atoms with Crippen LogP contribution in [0.3, 0.4) is 0 Å². The predicted octanol–water partition coefficient (Wildman–Crippen LogP) is 3.01. The molecule has 0 amide bonds. The Bertz CT molecular complexity index is 1200. The molecule has 0 saturated heterocycles. The Labute approximate surface area is 163 Å². The molecule has 0 atom stereocenters. The van der Waals surface area contributed by atoms with Crippen molar-refractivity contribution in [3.63, 3.8) is 0 Å². The lowest BCUT2D eigenvalue weighted by molar-refractivity contribution is -0.274. The molecule has 0 aliphatic heterocycles. The molecule has 10 heteroatoms. The first kappa shape index (κ1) is 20.4. The van der Waals surface area contributed by atoms with Crippen molar-refractivity contribution in [2.24, 2.45) is 7.05 Å². The molecule has 0 aliphatic rings. The van der Waals surface area contributed by atoms with E-state index in [4.69, 9.17) is 0 Å². The maximum absolute atomic E-state index is 12.7. The van der Waals surface area contributed by atoms with E-state index in [-0.39, 0.29) is 23.5 Å². The van der Waals surface area contributed by atoms with E-state index >= 15 is 0 Å². The number of aromatic nitrogens is 4. The van der Waals surface area contributed by atoms with Gasteiger partial charge in [-0.05, 0) is 37.6 Å². The van der Waals surface area contributed by atoms with E-state index in [1.54, 1.807) is 43.7 Å². The normalized spacial score (nSPS) is 12.2. The number of nitrogens with zero attached hydrogens (tertiary/aromatic N) is 4. The van der Waals surface area contributed by atoms with Crippen LogP contribution in [-0.2, 0) is 20.1 Å². The zero-order valence-electron chi connectivity index (χ0n) is 16.0. The number of hydrogen-bond acceptors (Lipinski definition) is 4. The number of hydrogen-bond donors (Lipinski definition) is 0. The third kappa shape index (κ3) is 3.96. The average molecular weight is 408 g/mol. The number of alkyl halides is 3. The van der Waals surface area contributed by atoms with Crippen LogP contribution in [0.4, 0.5) is 13.2 Å². The minimum absolute atomic E-state index is 0.232. The quantitative estimate of drug-likeness (QED) is 0.651. The van der Waals surface area contributed by atoms with Crippen molar-refractivity contribution in [3.8, 4) is 5.75 Å². The Morgan fingerprint density at radius 3 is 2.41 bits per heavy atom. The van der Waals surface area contributed by atoms with E-state index in [2.05, 4.69) is 9.72 Å². The maximum Gasteiger partial charge on any atom is 0.573 e. The van der Waals surface area contributed by atoms with Crippen LogP contribution >= 0.6 is 0 Å². The number of ether oxygens (including phenoxy) is 1. The molecule has 0 radical (unpaired) electrons. The number of fused-ring (bicyclic) bond motifs is 1. The first-order valence-corrected chi connectivity index (χ1v) is 8.90. The highest BCUT2D eigenvalue weighted by Gasteiger charge is 2.31. The van der Waals surface area contributed by atoms with Crippen LogP contribution in [0.2, 0.25) is 0 Å². The Hall–Kier alpha value is -3.30. The highest BCUT2D eigenvalue weighted by molar-refractivity contribution is 5.76. The molecule has 0 saturated carbocycles. The van der Waals surface area contributed by atoms with E-state index in [1.807, 2.05) is 0 Å². The van der Waals surface area contributed by atoms with Crippen LogP contribution in [0, 0.1) is 0 Å². The Kier molecular flexibility index (Phi) is 5.36. The van der Waals surface area contributed by atoms with E-state index < -0.39 is 17.6 Å². The molecule has 0 spiro atoms. The van der Waals surface area contributed by atoms with Gasteiger partial charge in [-0.2, -0.15) is 0 Å². The summed E-state index contributed by atoms with van der Waals surface area (Å²) in [5.74, 6) is 0.0463. The first-order valence-electron chi connectivity index (χ1n) is 8.90. The van der Waals surface area contributed by atoms with Gasteiger partial charge in [0.1, 0.15) is 11.6 Å². The number of imidazole rings is 1. The zero-order chi connectivity index (χ0) is 21.3. The van der Waals surface area contributed by atoms with Gasteiger partial charge in [0, 0.05) is 20.1 Å². The summed E-state index contributed by atoms with van der Waals surface area (Å²) in [5.41, 5.74) is 0.133. The third-order valence-corrected chi connectivity index (χ3v) is 4.43. The summed E-state index contributed by atoms with van der Waals surface area (Å²) in [7, 11) is 1.64. The van der Waals surface area contributed by atoms with Crippen molar-refractivity contribution in [1.82, 2.24) is 18.7 Å². The molecular weight excluding hydrogens is 389 g/mol. The number of benzene rings is 1. The van der Waals surface area contributed by atoms with Crippen LogP contribution in [0.5, 0.6) is 5.75 Å². The lowest BCUT2D eigenvalue weighted by Crippen LogP contribution is -2.39. The lowest BCUT2D eigenvalue weighted by Gasteiger charge is -2.08. The molecule has 0 unspecified atom stereocenters. The molecule has 7 nitrogen and oxygen atoms in total. The minimum atomic E-state index is -4.78. The molecule has 1 aromatic carbocycles. The molecule has 154 valence electrons. The highest BCUT2D eigenvalue weighted by atomic mass is 19.4. The van der Waals surface area contributed by atoms with E-state index in [9.17, 15) is 22.8 Å². The van der Waals surface area contributed by atoms with Crippen molar-refractivity contribution in [2.45, 2.75) is 33.3 Å². The molecule has 0 bridgehead atoms. The topological polar surface area (TPSA) is 71.1 Å². The fraction of sp³-hybridized carbons (Fsp3) is 0.316. The van der Waals surface area contributed by atoms with Crippen molar-refractivity contribution < 1.29 is 17.9 Å². The first-order chi connectivity index (χ1) is 13.7. The molecule has 0 fully saturated rings. The van der Waals surface area contributed by atoms with Crippen molar-refractivity contribution in [3.05, 3.63) is 56.5 Å². The fourth-order valence-electron chi connectivity index (χ4n) is 3.08. The Morgan fingerprint density at radius 2 is 1.79 bits per heavy atom. The van der Waals surface area contributed by atoms with E-state index in [0.717, 1.165) is 4.57 Å². The summed E-state index contributed by atoms with van der Waals surface area (Å²) in [5, 5.41) is 0. The second kappa shape index (κ2) is 7.61. The monoisotopic (exact) mass is 408 g/mol. The molecule has 2 aromatic heterocycles. The average Bonchev–Trinajstić information content (AvgIpc) is 2.96. The second-order valence-corrected chi connectivity index (χ2v) is 6.23. The van der Waals surface area contributed by atoms with Crippen molar-refractivity contribution in [1.29, 1.82) is 0 Å². The smallest absolute Gasteiger partial charge is 0.406 e. The molecule has 2 heterocycles. The summed E-state index contributed by atoms with van der Waals surface area (Å²) in [4.78, 5) is 29.5. The molecule has 3 aromatic rings. The van der Waals surface area contributed by atoms with Gasteiger partial charge in [0.25, 0.3) is 5.56 Å². The molecule has 0 N–H and O–H groups in total. The van der Waals surface area contributed by atoms with Crippen LogP contribution in [-0.4, -0.2) is 25.0 Å². The summed E-state index contributed by atoms with van der Waals surface area (Å²) < 4.78 is 45.2. The second-order valence-electron chi connectivity index (χ2n) is 6.23. The van der Waals surface area contributed by atoms with Crippen LogP contribution in [0.15, 0.2) is 33.9 Å². The SMILES string of the molecule is CCn1c(=O)c2c(nc(C=Cc3cccc(OC(F)(F)F)c3)n2C)n(CC)c1=O. The van der Waals surface area contributed by atoms with Gasteiger partial charge < -0.3 is 9.30 Å².